The molecule has 17 heavy (non-hydrogen) atoms. The molecule has 0 unspecified atom stereocenters. The molecule has 0 bridgehead atoms. The molecular weight excluding hydrogens is 276 g/mol. The molecule has 2 nitrogen and oxygen atoms in total. The number of hydrogen-bond acceptors (Lipinski definition) is 2. The van der Waals surface area contributed by atoms with E-state index in [9.17, 15) is 0 Å². The van der Waals surface area contributed by atoms with Gasteiger partial charge in [-0.15, -0.1) is 0 Å². The maximum absolute atomic E-state index is 3.60. The number of aryl methyl sites for hydroxylation is 1. The van der Waals surface area contributed by atoms with Gasteiger partial charge >= 0.3 is 0 Å². The molecule has 3 heteroatoms. The monoisotopic (exact) mass is 296 g/mol. The lowest BCUT2D eigenvalue weighted by atomic mass is 10.0. The van der Waals surface area contributed by atoms with E-state index in [4.69, 9.17) is 0 Å². The second-order valence-electron chi connectivity index (χ2n) is 5.52. The van der Waals surface area contributed by atoms with Crippen LogP contribution in [0.2, 0.25) is 0 Å². The van der Waals surface area contributed by atoms with Gasteiger partial charge in [-0.1, -0.05) is 15.9 Å². The Kier molecular flexibility index (Phi) is 3.79. The van der Waals surface area contributed by atoms with E-state index >= 15 is 0 Å². The van der Waals surface area contributed by atoms with Gasteiger partial charge in [-0.3, -0.25) is 0 Å². The number of halogens is 1. The number of nitrogens with one attached hydrogen (secondary N) is 1. The fourth-order valence-corrected chi connectivity index (χ4v) is 2.96. The Bertz CT molecular complexity index is 401. The summed E-state index contributed by atoms with van der Waals surface area (Å²) >= 11 is 3.53. The SMILES string of the molecule is Cc1cc(Br)ccc1N1CCCNC(C)(C)C1. The van der Waals surface area contributed by atoms with Crippen LogP contribution in [0.1, 0.15) is 25.8 Å². The summed E-state index contributed by atoms with van der Waals surface area (Å²) in [6.45, 7) is 10.1. The number of anilines is 1. The third-order valence-electron chi connectivity index (χ3n) is 3.29. The quantitative estimate of drug-likeness (QED) is 0.855. The van der Waals surface area contributed by atoms with Gasteiger partial charge in [-0.05, 0) is 57.5 Å². The summed E-state index contributed by atoms with van der Waals surface area (Å²) in [6.07, 6.45) is 1.21. The standard InChI is InChI=1S/C14H21BrN2/c1-11-9-12(15)5-6-13(11)17-8-4-7-16-14(2,3)10-17/h5-6,9,16H,4,7-8,10H2,1-3H3. The summed E-state index contributed by atoms with van der Waals surface area (Å²) in [5, 5.41) is 3.60. The highest BCUT2D eigenvalue weighted by Gasteiger charge is 2.24. The number of hydrogen-bond donors (Lipinski definition) is 1. The average Bonchev–Trinajstić information content (AvgIpc) is 2.39. The highest BCUT2D eigenvalue weighted by atomic mass is 79.9. The molecule has 1 saturated heterocycles. The smallest absolute Gasteiger partial charge is 0.0397 e. The van der Waals surface area contributed by atoms with Gasteiger partial charge in [0.2, 0.25) is 0 Å². The predicted octanol–water partition coefficient (Wildman–Crippen LogP) is 3.34. The average molecular weight is 297 g/mol. The zero-order chi connectivity index (χ0) is 12.5. The van der Waals surface area contributed by atoms with Crippen LogP contribution < -0.4 is 10.2 Å². The van der Waals surface area contributed by atoms with Crippen LogP contribution in [0.3, 0.4) is 0 Å². The van der Waals surface area contributed by atoms with Crippen LogP contribution in [0.15, 0.2) is 22.7 Å². The first-order valence-corrected chi connectivity index (χ1v) is 7.03. The van der Waals surface area contributed by atoms with Gasteiger partial charge in [0.15, 0.2) is 0 Å². The number of rotatable bonds is 1. The summed E-state index contributed by atoms with van der Waals surface area (Å²) in [7, 11) is 0. The maximum atomic E-state index is 3.60. The maximum Gasteiger partial charge on any atom is 0.0397 e. The van der Waals surface area contributed by atoms with Crippen molar-refractivity contribution in [2.24, 2.45) is 0 Å². The number of nitrogens with zero attached hydrogens (tertiary/aromatic N) is 1. The largest absolute Gasteiger partial charge is 0.369 e. The predicted molar refractivity (Wildman–Crippen MR) is 77.8 cm³/mol. The Morgan fingerprint density at radius 2 is 2.12 bits per heavy atom. The van der Waals surface area contributed by atoms with E-state index in [-0.39, 0.29) is 5.54 Å². The first-order valence-electron chi connectivity index (χ1n) is 6.24. The van der Waals surface area contributed by atoms with Crippen molar-refractivity contribution in [1.82, 2.24) is 5.32 Å². The second kappa shape index (κ2) is 4.99. The Balaban J connectivity index is 2.25. The molecule has 1 aliphatic rings. The Morgan fingerprint density at radius 3 is 2.82 bits per heavy atom. The van der Waals surface area contributed by atoms with Crippen LogP contribution in [-0.2, 0) is 0 Å². The van der Waals surface area contributed by atoms with Crippen molar-refractivity contribution < 1.29 is 0 Å². The van der Waals surface area contributed by atoms with Crippen molar-refractivity contribution in [3.05, 3.63) is 28.2 Å². The topological polar surface area (TPSA) is 15.3 Å². The van der Waals surface area contributed by atoms with Crippen molar-refractivity contribution in [1.29, 1.82) is 0 Å². The summed E-state index contributed by atoms with van der Waals surface area (Å²) in [4.78, 5) is 2.50. The molecule has 2 rings (SSSR count). The highest BCUT2D eigenvalue weighted by Crippen LogP contribution is 2.26. The van der Waals surface area contributed by atoms with Gasteiger partial charge < -0.3 is 10.2 Å². The third-order valence-corrected chi connectivity index (χ3v) is 3.79. The molecule has 94 valence electrons. The van der Waals surface area contributed by atoms with Gasteiger partial charge in [-0.25, -0.2) is 0 Å². The first-order chi connectivity index (χ1) is 7.98. The van der Waals surface area contributed by atoms with Crippen molar-refractivity contribution in [3.8, 4) is 0 Å². The van der Waals surface area contributed by atoms with Crippen LogP contribution in [0.25, 0.3) is 0 Å². The third kappa shape index (κ3) is 3.23. The minimum absolute atomic E-state index is 0.190. The van der Waals surface area contributed by atoms with Crippen LogP contribution in [0.5, 0.6) is 0 Å². The molecule has 0 atom stereocenters. The Labute approximate surface area is 113 Å². The lowest BCUT2D eigenvalue weighted by Crippen LogP contribution is -2.46. The summed E-state index contributed by atoms with van der Waals surface area (Å²) in [5.74, 6) is 0. The minimum Gasteiger partial charge on any atom is -0.369 e. The molecule has 0 amide bonds. The fourth-order valence-electron chi connectivity index (χ4n) is 2.49. The highest BCUT2D eigenvalue weighted by molar-refractivity contribution is 9.10. The Hall–Kier alpha value is -0.540. The van der Waals surface area contributed by atoms with E-state index in [1.165, 1.54) is 17.7 Å². The van der Waals surface area contributed by atoms with E-state index in [0.29, 0.717) is 0 Å². The van der Waals surface area contributed by atoms with Crippen LogP contribution >= 0.6 is 15.9 Å². The lowest BCUT2D eigenvalue weighted by molar-refractivity contribution is 0.416. The molecule has 0 spiro atoms. The molecular formula is C14H21BrN2. The molecule has 1 heterocycles. The molecule has 0 radical (unpaired) electrons. The van der Waals surface area contributed by atoms with E-state index in [1.807, 2.05) is 0 Å². The van der Waals surface area contributed by atoms with Gasteiger partial charge in [-0.2, -0.15) is 0 Å². The van der Waals surface area contributed by atoms with E-state index < -0.39 is 0 Å². The van der Waals surface area contributed by atoms with Crippen LogP contribution in [0.4, 0.5) is 5.69 Å². The van der Waals surface area contributed by atoms with Gasteiger partial charge in [0, 0.05) is 28.8 Å². The summed E-state index contributed by atoms with van der Waals surface area (Å²) in [6, 6.07) is 6.55. The first kappa shape index (κ1) is 12.9. The molecule has 1 aromatic carbocycles. The fraction of sp³-hybridized carbons (Fsp3) is 0.571. The molecule has 1 aliphatic heterocycles. The van der Waals surface area contributed by atoms with Crippen molar-refractivity contribution in [3.63, 3.8) is 0 Å². The van der Waals surface area contributed by atoms with Gasteiger partial charge in [0.05, 0.1) is 0 Å². The van der Waals surface area contributed by atoms with Gasteiger partial charge in [0.25, 0.3) is 0 Å². The normalized spacial score (nSPS) is 20.1. The number of benzene rings is 1. The van der Waals surface area contributed by atoms with Gasteiger partial charge in [0.1, 0.15) is 0 Å². The van der Waals surface area contributed by atoms with Crippen molar-refractivity contribution in [2.45, 2.75) is 32.7 Å². The van der Waals surface area contributed by atoms with Crippen molar-refractivity contribution in [2.75, 3.05) is 24.5 Å². The molecule has 0 saturated carbocycles. The molecule has 1 aromatic rings. The Morgan fingerprint density at radius 1 is 1.35 bits per heavy atom. The molecule has 1 fully saturated rings. The van der Waals surface area contributed by atoms with Crippen molar-refractivity contribution >= 4 is 21.6 Å². The van der Waals surface area contributed by atoms with Crippen LogP contribution in [-0.4, -0.2) is 25.2 Å². The zero-order valence-electron chi connectivity index (χ0n) is 10.9. The van der Waals surface area contributed by atoms with Crippen LogP contribution in [0, 0.1) is 6.92 Å². The lowest BCUT2D eigenvalue weighted by Gasteiger charge is -2.32. The zero-order valence-corrected chi connectivity index (χ0v) is 12.5. The molecule has 0 aromatic heterocycles. The molecule has 0 aliphatic carbocycles. The van der Waals surface area contributed by atoms with E-state index in [1.54, 1.807) is 0 Å². The molecule has 1 N–H and O–H groups in total. The van der Waals surface area contributed by atoms with E-state index in [2.05, 4.69) is 65.1 Å². The summed E-state index contributed by atoms with van der Waals surface area (Å²) < 4.78 is 1.16. The summed E-state index contributed by atoms with van der Waals surface area (Å²) in [5.41, 5.74) is 2.90. The second-order valence-corrected chi connectivity index (χ2v) is 6.43. The van der Waals surface area contributed by atoms with E-state index in [0.717, 1.165) is 24.1 Å². The minimum atomic E-state index is 0.190.